The first kappa shape index (κ1) is 13.7. The number of carbonyl (C=O) groups is 1. The number of nitrogens with one attached hydrogen (secondary N) is 1. The molecule has 0 amide bonds. The molecule has 1 saturated heterocycles. The maximum absolute atomic E-state index is 11.5. The van der Waals surface area contributed by atoms with Crippen molar-refractivity contribution in [2.24, 2.45) is 0 Å². The number of carbonyl (C=O) groups excluding carboxylic acids is 1. The second kappa shape index (κ2) is 5.53. The Kier molecular flexibility index (Phi) is 5.40. The van der Waals surface area contributed by atoms with Gasteiger partial charge >= 0.3 is 5.97 Å². The fourth-order valence-electron chi connectivity index (χ4n) is 1.28. The van der Waals surface area contributed by atoms with Crippen LogP contribution in [0.15, 0.2) is 0 Å². The number of ether oxygens (including phenoxy) is 1. The highest BCUT2D eigenvalue weighted by atomic mass is 35.5. The fourth-order valence-corrected chi connectivity index (χ4v) is 2.81. The Labute approximate surface area is 89.5 Å². The van der Waals surface area contributed by atoms with Gasteiger partial charge < -0.3 is 10.1 Å². The lowest BCUT2D eigenvalue weighted by Gasteiger charge is -2.08. The number of hydrogen-bond donors (Lipinski definition) is 1. The number of hydrogen-bond acceptors (Lipinski definition) is 5. The first-order chi connectivity index (χ1) is 6.06. The number of sulfone groups is 1. The van der Waals surface area contributed by atoms with E-state index in [4.69, 9.17) is 0 Å². The molecule has 0 aromatic rings. The Balaban J connectivity index is 0.00000169. The van der Waals surface area contributed by atoms with Crippen LogP contribution in [-0.2, 0) is 19.4 Å². The van der Waals surface area contributed by atoms with Crippen LogP contribution < -0.4 is 5.32 Å². The normalized spacial score (nSPS) is 21.4. The van der Waals surface area contributed by atoms with E-state index in [1.165, 1.54) is 7.11 Å². The lowest BCUT2D eigenvalue weighted by Crippen LogP contribution is -2.30. The number of halogens is 1. The third-order valence-electron chi connectivity index (χ3n) is 2.07. The third-order valence-corrected chi connectivity index (χ3v) is 4.13. The van der Waals surface area contributed by atoms with Gasteiger partial charge in [-0.15, -0.1) is 12.4 Å². The van der Waals surface area contributed by atoms with E-state index in [0.717, 1.165) is 0 Å². The summed E-state index contributed by atoms with van der Waals surface area (Å²) in [6.07, 6.45) is 0.583. The van der Waals surface area contributed by atoms with Gasteiger partial charge in [-0.2, -0.15) is 0 Å². The Morgan fingerprint density at radius 1 is 1.57 bits per heavy atom. The minimum Gasteiger partial charge on any atom is -0.468 e. The molecule has 0 aromatic heterocycles. The van der Waals surface area contributed by atoms with Gasteiger partial charge in [-0.25, -0.2) is 8.42 Å². The van der Waals surface area contributed by atoms with Crippen molar-refractivity contribution in [1.29, 1.82) is 0 Å². The van der Waals surface area contributed by atoms with Crippen LogP contribution in [0.1, 0.15) is 6.42 Å². The Morgan fingerprint density at radius 3 is 2.64 bits per heavy atom. The van der Waals surface area contributed by atoms with Gasteiger partial charge in [-0.3, -0.25) is 4.79 Å². The summed E-state index contributed by atoms with van der Waals surface area (Å²) in [7, 11) is -2.12. The molecule has 1 N–H and O–H groups in total. The first-order valence-electron chi connectivity index (χ1n) is 4.05. The van der Waals surface area contributed by atoms with Crippen LogP contribution in [0, 0.1) is 0 Å². The van der Waals surface area contributed by atoms with Gasteiger partial charge in [0.15, 0.2) is 9.84 Å². The topological polar surface area (TPSA) is 72.5 Å². The van der Waals surface area contributed by atoms with Crippen LogP contribution in [0.2, 0.25) is 0 Å². The van der Waals surface area contributed by atoms with Gasteiger partial charge in [-0.1, -0.05) is 0 Å². The van der Waals surface area contributed by atoms with E-state index in [0.29, 0.717) is 19.5 Å². The van der Waals surface area contributed by atoms with Crippen molar-refractivity contribution in [2.45, 2.75) is 11.7 Å². The quantitative estimate of drug-likeness (QED) is 0.668. The molecule has 1 heterocycles. The predicted octanol–water partition coefficient (Wildman–Crippen LogP) is -0.642. The van der Waals surface area contributed by atoms with E-state index < -0.39 is 26.8 Å². The summed E-state index contributed by atoms with van der Waals surface area (Å²) in [5, 5.41) is 2.51. The van der Waals surface area contributed by atoms with Crippen molar-refractivity contribution in [1.82, 2.24) is 5.32 Å². The highest BCUT2D eigenvalue weighted by Crippen LogP contribution is 2.10. The molecule has 84 valence electrons. The number of methoxy groups -OCH3 is 1. The molecule has 1 rings (SSSR count). The Hall–Kier alpha value is -0.330. The Bertz CT molecular complexity index is 284. The molecule has 1 fully saturated rings. The first-order valence-corrected chi connectivity index (χ1v) is 5.77. The molecule has 5 nitrogen and oxygen atoms in total. The molecule has 14 heavy (non-hydrogen) atoms. The van der Waals surface area contributed by atoms with Crippen LogP contribution >= 0.6 is 12.4 Å². The van der Waals surface area contributed by atoms with Crippen LogP contribution in [0.25, 0.3) is 0 Å². The lowest BCUT2D eigenvalue weighted by atomic mass is 10.4. The summed E-state index contributed by atoms with van der Waals surface area (Å²) in [5.41, 5.74) is 0. The maximum Gasteiger partial charge on any atom is 0.320 e. The van der Waals surface area contributed by atoms with Gasteiger partial charge in [0.05, 0.1) is 12.4 Å². The zero-order valence-corrected chi connectivity index (χ0v) is 9.49. The van der Waals surface area contributed by atoms with Crippen molar-refractivity contribution in [3.63, 3.8) is 0 Å². The van der Waals surface area contributed by atoms with E-state index in [-0.39, 0.29) is 12.4 Å². The molecule has 1 unspecified atom stereocenters. The summed E-state index contributed by atoms with van der Waals surface area (Å²) in [6, 6.07) is 0. The molecule has 0 aliphatic carbocycles. The summed E-state index contributed by atoms with van der Waals surface area (Å²) in [5.74, 6) is -1.19. The van der Waals surface area contributed by atoms with E-state index >= 15 is 0 Å². The van der Waals surface area contributed by atoms with Crippen LogP contribution in [0.5, 0.6) is 0 Å². The van der Waals surface area contributed by atoms with Gasteiger partial charge in [0.2, 0.25) is 0 Å². The molecule has 0 saturated carbocycles. The van der Waals surface area contributed by atoms with Crippen molar-refractivity contribution >= 4 is 28.2 Å². The summed E-state index contributed by atoms with van der Waals surface area (Å²) in [6.45, 7) is 1.14. The predicted molar refractivity (Wildman–Crippen MR) is 54.3 cm³/mol. The average Bonchev–Trinajstić information content (AvgIpc) is 2.55. The van der Waals surface area contributed by atoms with Crippen LogP contribution in [0.4, 0.5) is 0 Å². The van der Waals surface area contributed by atoms with Crippen molar-refractivity contribution < 1.29 is 17.9 Å². The average molecular weight is 244 g/mol. The van der Waals surface area contributed by atoms with Crippen molar-refractivity contribution in [3.8, 4) is 0 Å². The molecule has 1 aliphatic rings. The van der Waals surface area contributed by atoms with Gasteiger partial charge in [-0.05, 0) is 13.0 Å². The molecule has 0 spiro atoms. The second-order valence-corrected chi connectivity index (χ2v) is 5.28. The summed E-state index contributed by atoms with van der Waals surface area (Å²) >= 11 is 0. The second-order valence-electron chi connectivity index (χ2n) is 3.00. The smallest absolute Gasteiger partial charge is 0.320 e. The van der Waals surface area contributed by atoms with Crippen LogP contribution in [0.3, 0.4) is 0 Å². The largest absolute Gasteiger partial charge is 0.468 e. The molecule has 1 aliphatic heterocycles. The molecule has 0 aromatic carbocycles. The lowest BCUT2D eigenvalue weighted by molar-refractivity contribution is -0.137. The van der Waals surface area contributed by atoms with Crippen molar-refractivity contribution in [2.75, 3.05) is 26.0 Å². The van der Waals surface area contributed by atoms with E-state index in [1.807, 2.05) is 0 Å². The summed E-state index contributed by atoms with van der Waals surface area (Å²) < 4.78 is 27.2. The highest BCUT2D eigenvalue weighted by molar-refractivity contribution is 7.92. The fraction of sp³-hybridized carbons (Fsp3) is 0.857. The zero-order valence-electron chi connectivity index (χ0n) is 7.86. The number of esters is 1. The third kappa shape index (κ3) is 3.43. The standard InChI is InChI=1S/C7H13NO4S.ClH/c1-12-7(9)5-13(10,11)6-2-3-8-4-6;/h6,8H,2-5H2,1H3;1H. The SMILES string of the molecule is COC(=O)CS(=O)(=O)C1CCNC1.Cl. The highest BCUT2D eigenvalue weighted by Gasteiger charge is 2.30. The minimum absolute atomic E-state index is 0. The van der Waals surface area contributed by atoms with Crippen LogP contribution in [-0.4, -0.2) is 45.6 Å². The molecular weight excluding hydrogens is 230 g/mol. The van der Waals surface area contributed by atoms with E-state index in [1.54, 1.807) is 0 Å². The minimum atomic E-state index is -3.31. The van der Waals surface area contributed by atoms with Gasteiger partial charge in [0.25, 0.3) is 0 Å². The Morgan fingerprint density at radius 2 is 2.21 bits per heavy atom. The monoisotopic (exact) mass is 243 g/mol. The molecule has 0 radical (unpaired) electrons. The van der Waals surface area contributed by atoms with E-state index in [9.17, 15) is 13.2 Å². The van der Waals surface area contributed by atoms with Crippen molar-refractivity contribution in [3.05, 3.63) is 0 Å². The molecule has 0 bridgehead atoms. The molecule has 1 atom stereocenters. The molecular formula is C7H14ClNO4S. The zero-order chi connectivity index (χ0) is 9.90. The number of rotatable bonds is 3. The maximum atomic E-state index is 11.5. The summed E-state index contributed by atoms with van der Waals surface area (Å²) in [4.78, 5) is 10.8. The molecule has 7 heteroatoms. The van der Waals surface area contributed by atoms with Gasteiger partial charge in [0, 0.05) is 6.54 Å². The van der Waals surface area contributed by atoms with E-state index in [2.05, 4.69) is 10.1 Å². The van der Waals surface area contributed by atoms with Gasteiger partial charge in [0.1, 0.15) is 5.75 Å².